The molecule has 0 aliphatic rings. The van der Waals surface area contributed by atoms with Gasteiger partial charge in [-0.15, -0.1) is 0 Å². The number of unbranched alkanes of at least 4 members (excludes halogenated alkanes) is 2. The Morgan fingerprint density at radius 2 is 2.00 bits per heavy atom. The standard InChI is InChI=1S/C14H20FIO/c1-3-4-7-10-17-14(2,11-16)12-8-5-6-9-13(12)15/h5-6,8-9H,3-4,7,10-11H2,1-2H3. The number of rotatable bonds is 7. The molecule has 0 spiro atoms. The molecule has 1 unspecified atom stereocenters. The van der Waals surface area contributed by atoms with Crippen molar-refractivity contribution in [3.63, 3.8) is 0 Å². The van der Waals surface area contributed by atoms with Gasteiger partial charge in [0.15, 0.2) is 0 Å². The van der Waals surface area contributed by atoms with Crippen LogP contribution in [0.1, 0.15) is 38.7 Å². The number of hydrogen-bond donors (Lipinski definition) is 0. The Hall–Kier alpha value is -0.160. The van der Waals surface area contributed by atoms with Gasteiger partial charge in [-0.05, 0) is 19.4 Å². The molecule has 0 aliphatic heterocycles. The van der Waals surface area contributed by atoms with Crippen LogP contribution in [-0.4, -0.2) is 11.0 Å². The molecule has 0 aromatic heterocycles. The van der Waals surface area contributed by atoms with Crippen molar-refractivity contribution in [2.24, 2.45) is 0 Å². The average Bonchev–Trinajstić information content (AvgIpc) is 2.35. The van der Waals surface area contributed by atoms with Gasteiger partial charge >= 0.3 is 0 Å². The SMILES string of the molecule is CCCCCOC(C)(CI)c1ccccc1F. The minimum absolute atomic E-state index is 0.179. The molecule has 0 radical (unpaired) electrons. The molecule has 1 rings (SSSR count). The van der Waals surface area contributed by atoms with Crippen LogP contribution in [0.2, 0.25) is 0 Å². The normalized spacial score (nSPS) is 14.6. The first kappa shape index (κ1) is 14.9. The van der Waals surface area contributed by atoms with Crippen LogP contribution in [0.25, 0.3) is 0 Å². The second kappa shape index (κ2) is 7.31. The van der Waals surface area contributed by atoms with Crippen LogP contribution in [0.5, 0.6) is 0 Å². The van der Waals surface area contributed by atoms with Crippen LogP contribution in [0.3, 0.4) is 0 Å². The Balaban J connectivity index is 2.71. The van der Waals surface area contributed by atoms with Gasteiger partial charge in [-0.3, -0.25) is 0 Å². The Kier molecular flexibility index (Phi) is 6.41. The van der Waals surface area contributed by atoms with E-state index in [1.54, 1.807) is 6.07 Å². The van der Waals surface area contributed by atoms with Crippen LogP contribution >= 0.6 is 22.6 Å². The van der Waals surface area contributed by atoms with Crippen LogP contribution in [0.4, 0.5) is 4.39 Å². The van der Waals surface area contributed by atoms with Crippen LogP contribution in [0.15, 0.2) is 24.3 Å². The van der Waals surface area contributed by atoms with E-state index in [4.69, 9.17) is 4.74 Å². The summed E-state index contributed by atoms with van der Waals surface area (Å²) in [5.74, 6) is -0.179. The van der Waals surface area contributed by atoms with Gasteiger partial charge in [-0.1, -0.05) is 60.6 Å². The van der Waals surface area contributed by atoms with Gasteiger partial charge in [-0.2, -0.15) is 0 Å². The third-order valence-corrected chi connectivity index (χ3v) is 4.32. The van der Waals surface area contributed by atoms with Gasteiger partial charge in [0, 0.05) is 16.6 Å². The first-order chi connectivity index (χ1) is 8.14. The van der Waals surface area contributed by atoms with Crippen molar-refractivity contribution in [2.75, 3.05) is 11.0 Å². The summed E-state index contributed by atoms with van der Waals surface area (Å²) < 4.78 is 20.4. The van der Waals surface area contributed by atoms with Crippen molar-refractivity contribution >= 4 is 22.6 Å². The molecule has 1 nitrogen and oxygen atoms in total. The highest BCUT2D eigenvalue weighted by atomic mass is 127. The first-order valence-corrected chi connectivity index (χ1v) is 7.61. The molecule has 0 bridgehead atoms. The highest BCUT2D eigenvalue weighted by molar-refractivity contribution is 14.1. The molecule has 0 heterocycles. The fraction of sp³-hybridized carbons (Fsp3) is 0.571. The maximum atomic E-state index is 13.8. The van der Waals surface area contributed by atoms with Crippen LogP contribution < -0.4 is 0 Å². The summed E-state index contributed by atoms with van der Waals surface area (Å²) in [7, 11) is 0. The lowest BCUT2D eigenvalue weighted by Gasteiger charge is -2.29. The maximum Gasteiger partial charge on any atom is 0.129 e. The molecule has 1 atom stereocenters. The summed E-state index contributed by atoms with van der Waals surface area (Å²) >= 11 is 2.26. The monoisotopic (exact) mass is 350 g/mol. The van der Waals surface area contributed by atoms with E-state index in [-0.39, 0.29) is 5.82 Å². The summed E-state index contributed by atoms with van der Waals surface area (Å²) in [5.41, 5.74) is 0.144. The summed E-state index contributed by atoms with van der Waals surface area (Å²) in [6.45, 7) is 4.82. The fourth-order valence-corrected chi connectivity index (χ4v) is 2.36. The molecule has 0 saturated carbocycles. The molecule has 0 amide bonds. The largest absolute Gasteiger partial charge is 0.370 e. The molecule has 0 N–H and O–H groups in total. The summed E-state index contributed by atoms with van der Waals surface area (Å²) in [4.78, 5) is 0. The van der Waals surface area contributed by atoms with Crippen molar-refractivity contribution in [2.45, 2.75) is 38.7 Å². The third kappa shape index (κ3) is 4.21. The minimum atomic E-state index is -0.514. The topological polar surface area (TPSA) is 9.23 Å². The van der Waals surface area contributed by atoms with E-state index in [1.807, 2.05) is 19.1 Å². The van der Waals surface area contributed by atoms with Gasteiger partial charge in [0.1, 0.15) is 11.4 Å². The predicted molar refractivity (Wildman–Crippen MR) is 78.1 cm³/mol. The smallest absolute Gasteiger partial charge is 0.129 e. The molecule has 96 valence electrons. The zero-order valence-corrected chi connectivity index (χ0v) is 12.7. The lowest BCUT2D eigenvalue weighted by Crippen LogP contribution is -2.29. The van der Waals surface area contributed by atoms with Crippen LogP contribution in [-0.2, 0) is 10.3 Å². The Labute approximate surface area is 117 Å². The van der Waals surface area contributed by atoms with E-state index < -0.39 is 5.60 Å². The first-order valence-electron chi connectivity index (χ1n) is 6.09. The zero-order valence-electron chi connectivity index (χ0n) is 10.5. The zero-order chi connectivity index (χ0) is 12.7. The van der Waals surface area contributed by atoms with Gasteiger partial charge in [0.05, 0.1) is 0 Å². The van der Waals surface area contributed by atoms with Gasteiger partial charge in [0.25, 0.3) is 0 Å². The summed E-state index contributed by atoms with van der Waals surface area (Å²) in [6, 6.07) is 6.88. The molecule has 0 aliphatic carbocycles. The molecule has 0 fully saturated rings. The number of benzene rings is 1. The molecular formula is C14H20FIO. The lowest BCUT2D eigenvalue weighted by molar-refractivity contribution is -0.0195. The molecule has 3 heteroatoms. The summed E-state index contributed by atoms with van der Waals surface area (Å²) in [6.07, 6.45) is 3.37. The van der Waals surface area contributed by atoms with E-state index in [0.29, 0.717) is 12.2 Å². The van der Waals surface area contributed by atoms with Crippen molar-refractivity contribution in [1.82, 2.24) is 0 Å². The molecular weight excluding hydrogens is 330 g/mol. The van der Waals surface area contributed by atoms with Crippen molar-refractivity contribution in [3.8, 4) is 0 Å². The van der Waals surface area contributed by atoms with E-state index in [9.17, 15) is 4.39 Å². The quantitative estimate of drug-likeness (QED) is 0.394. The highest BCUT2D eigenvalue weighted by Crippen LogP contribution is 2.30. The van der Waals surface area contributed by atoms with E-state index in [2.05, 4.69) is 29.5 Å². The van der Waals surface area contributed by atoms with Gasteiger partial charge in [0.2, 0.25) is 0 Å². The van der Waals surface area contributed by atoms with Crippen molar-refractivity contribution in [1.29, 1.82) is 0 Å². The molecule has 1 aromatic rings. The number of halogens is 2. The van der Waals surface area contributed by atoms with E-state index in [0.717, 1.165) is 17.3 Å². The van der Waals surface area contributed by atoms with Crippen LogP contribution in [0, 0.1) is 5.82 Å². The number of alkyl halides is 1. The number of ether oxygens (including phenoxy) is 1. The van der Waals surface area contributed by atoms with Gasteiger partial charge in [-0.25, -0.2) is 4.39 Å². The minimum Gasteiger partial charge on any atom is -0.370 e. The Morgan fingerprint density at radius 3 is 2.59 bits per heavy atom. The highest BCUT2D eigenvalue weighted by Gasteiger charge is 2.28. The molecule has 1 aromatic carbocycles. The third-order valence-electron chi connectivity index (χ3n) is 2.87. The Morgan fingerprint density at radius 1 is 1.29 bits per heavy atom. The van der Waals surface area contributed by atoms with Crippen molar-refractivity contribution < 1.29 is 9.13 Å². The van der Waals surface area contributed by atoms with Gasteiger partial charge < -0.3 is 4.74 Å². The fourth-order valence-electron chi connectivity index (χ4n) is 1.73. The molecule has 17 heavy (non-hydrogen) atoms. The second-order valence-corrected chi connectivity index (χ2v) is 5.16. The van der Waals surface area contributed by atoms with Crippen molar-refractivity contribution in [3.05, 3.63) is 35.6 Å². The number of hydrogen-bond acceptors (Lipinski definition) is 1. The molecule has 0 saturated heterocycles. The summed E-state index contributed by atoms with van der Waals surface area (Å²) in [5, 5.41) is 0. The Bertz CT molecular complexity index is 343. The average molecular weight is 350 g/mol. The maximum absolute atomic E-state index is 13.8. The van der Waals surface area contributed by atoms with E-state index in [1.165, 1.54) is 12.5 Å². The van der Waals surface area contributed by atoms with E-state index >= 15 is 0 Å². The lowest BCUT2D eigenvalue weighted by atomic mass is 9.97. The second-order valence-electron chi connectivity index (χ2n) is 4.40. The predicted octanol–water partition coefficient (Wildman–Crippen LogP) is 4.68.